The minimum absolute atomic E-state index is 0. The van der Waals surface area contributed by atoms with Crippen molar-refractivity contribution in [3.8, 4) is 5.75 Å². The molecule has 9 nitrogen and oxygen atoms in total. The van der Waals surface area contributed by atoms with Gasteiger partial charge in [-0.1, -0.05) is 17.9 Å². The Labute approximate surface area is 229 Å². The summed E-state index contributed by atoms with van der Waals surface area (Å²) in [6.07, 6.45) is -4.68. The zero-order valence-corrected chi connectivity index (χ0v) is 22.5. The Morgan fingerprint density at radius 2 is 1.55 bits per heavy atom. The first-order chi connectivity index (χ1) is 14.2. The van der Waals surface area contributed by atoms with Crippen molar-refractivity contribution in [1.82, 2.24) is 0 Å². The molecule has 0 spiro atoms. The zero-order chi connectivity index (χ0) is 23.2. The van der Waals surface area contributed by atoms with Crippen LogP contribution >= 0.6 is 0 Å². The maximum absolute atomic E-state index is 12.8. The maximum atomic E-state index is 12.8. The smallest absolute Gasteiger partial charge is 0.871 e. The second kappa shape index (κ2) is 10.7. The molecule has 0 atom stereocenters. The zero-order valence-electron chi connectivity index (χ0n) is 16.9. The van der Waals surface area contributed by atoms with Gasteiger partial charge < -0.3 is 9.66 Å². The fourth-order valence-corrected chi connectivity index (χ4v) is 3.77. The molecule has 3 aromatic rings. The van der Waals surface area contributed by atoms with Gasteiger partial charge in [-0.25, -0.2) is 8.42 Å². The molecule has 3 aromatic carbocycles. The average Bonchev–Trinajstić information content (AvgIpc) is 2.65. The molecule has 0 saturated heterocycles. The van der Waals surface area contributed by atoms with Gasteiger partial charge in [0.1, 0.15) is 15.0 Å². The van der Waals surface area contributed by atoms with Crippen molar-refractivity contribution in [3.05, 3.63) is 54.1 Å². The van der Waals surface area contributed by atoms with E-state index in [1.165, 1.54) is 0 Å². The van der Waals surface area contributed by atoms with E-state index in [0.717, 1.165) is 36.4 Å². The summed E-state index contributed by atoms with van der Waals surface area (Å²) >= 11 is 0. The largest absolute Gasteiger partial charge is 1.00 e. The van der Waals surface area contributed by atoms with Gasteiger partial charge in [-0.15, -0.1) is 5.11 Å². The molecule has 0 amide bonds. The molecule has 3 rings (SSSR count). The van der Waals surface area contributed by atoms with E-state index in [2.05, 4.69) is 10.2 Å². The molecule has 33 heavy (non-hydrogen) atoms. The number of hydrogen-bond acceptors (Lipinski definition) is 8. The van der Waals surface area contributed by atoms with Crippen molar-refractivity contribution < 1.29 is 103 Å². The molecule has 0 heterocycles. The Morgan fingerprint density at radius 1 is 0.909 bits per heavy atom. The number of nitrogens with zero attached hydrogens (tertiary/aromatic N) is 2. The summed E-state index contributed by atoms with van der Waals surface area (Å²) in [6, 6.07) is 6.68. The van der Waals surface area contributed by atoms with Crippen LogP contribution in [0.2, 0.25) is 0 Å². The monoisotopic (exact) mass is 520 g/mol. The summed E-state index contributed by atoms with van der Waals surface area (Å²) in [5, 5.41) is 19.0. The van der Waals surface area contributed by atoms with Crippen LogP contribution in [0.1, 0.15) is 5.56 Å². The van der Waals surface area contributed by atoms with E-state index in [4.69, 9.17) is 0 Å². The standard InChI is InChI=1S/C17H11F3N2O7S2.2Na/c18-17(19,20)10-2-1-3-11(8-10)21-22-15-14(31(27,28)29)7-9-6-12(30(24,25)26)4-5-13(9)16(15)23;;/h1-8,23H,(H,24,25,26)(H,27,28,29);;/q;2*+1/p-2. The molecule has 0 fully saturated rings. The molecule has 0 aromatic heterocycles. The molecule has 164 valence electrons. The maximum Gasteiger partial charge on any atom is 1.00 e. The van der Waals surface area contributed by atoms with Crippen molar-refractivity contribution in [2.75, 3.05) is 0 Å². The van der Waals surface area contributed by atoms with E-state index >= 15 is 0 Å². The van der Waals surface area contributed by atoms with E-state index in [-0.39, 0.29) is 75.6 Å². The molecular weight excluding hydrogens is 511 g/mol. The minimum atomic E-state index is -5.09. The van der Waals surface area contributed by atoms with Crippen LogP contribution in [0.3, 0.4) is 0 Å². The predicted octanol–water partition coefficient (Wildman–Crippen LogP) is -2.49. The van der Waals surface area contributed by atoms with Crippen LogP contribution in [0.15, 0.2) is 68.6 Å². The van der Waals surface area contributed by atoms with Gasteiger partial charge in [0.25, 0.3) is 10.1 Å². The third kappa shape index (κ3) is 6.97. The number of alkyl halides is 3. The van der Waals surface area contributed by atoms with E-state index in [0.29, 0.717) is 12.1 Å². The average molecular weight is 520 g/mol. The van der Waals surface area contributed by atoms with Gasteiger partial charge in [0.2, 0.25) is 0 Å². The van der Waals surface area contributed by atoms with E-state index < -0.39 is 53.2 Å². The van der Waals surface area contributed by atoms with Gasteiger partial charge in [0, 0.05) is 0 Å². The molecule has 0 unspecified atom stereocenters. The summed E-state index contributed by atoms with van der Waals surface area (Å²) in [5.74, 6) is -1.12. The van der Waals surface area contributed by atoms with E-state index in [9.17, 15) is 44.2 Å². The van der Waals surface area contributed by atoms with E-state index in [1.807, 2.05) is 0 Å². The third-order valence-electron chi connectivity index (χ3n) is 4.01. The predicted molar refractivity (Wildman–Crippen MR) is 96.8 cm³/mol. The second-order valence-corrected chi connectivity index (χ2v) is 8.88. The van der Waals surface area contributed by atoms with Gasteiger partial charge >= 0.3 is 65.3 Å². The van der Waals surface area contributed by atoms with Gasteiger partial charge in [-0.2, -0.15) is 26.7 Å². The van der Waals surface area contributed by atoms with Gasteiger partial charge in [-0.05, 0) is 47.2 Å². The summed E-state index contributed by atoms with van der Waals surface area (Å²) in [5.41, 5.74) is -2.33. The van der Waals surface area contributed by atoms with Crippen molar-refractivity contribution in [2.24, 2.45) is 10.2 Å². The molecule has 1 N–H and O–H groups in total. The Morgan fingerprint density at radius 3 is 2.09 bits per heavy atom. The Hall–Kier alpha value is -1.07. The topological polar surface area (TPSA) is 159 Å². The molecule has 0 aliphatic carbocycles. The van der Waals surface area contributed by atoms with Crippen LogP contribution in [0, 0.1) is 0 Å². The Bertz CT molecular complexity index is 1440. The minimum Gasteiger partial charge on any atom is -0.871 e. The SMILES string of the molecule is O=S(=O)([O-])c1ccc2c([O-])c(N=Nc3cccc(C(F)(F)F)c3)c(S(=O)(=O)O)cc2c1.[Na+].[Na+]. The molecule has 0 bridgehead atoms. The van der Waals surface area contributed by atoms with Crippen molar-refractivity contribution in [1.29, 1.82) is 0 Å². The van der Waals surface area contributed by atoms with Crippen LogP contribution in [0.5, 0.6) is 5.75 Å². The first-order valence-corrected chi connectivity index (χ1v) is 10.8. The van der Waals surface area contributed by atoms with Gasteiger partial charge in [-0.3, -0.25) is 4.55 Å². The number of azo groups is 1. The van der Waals surface area contributed by atoms with Crippen molar-refractivity contribution in [3.63, 3.8) is 0 Å². The van der Waals surface area contributed by atoms with Crippen LogP contribution in [-0.4, -0.2) is 25.9 Å². The molecule has 16 heteroatoms. The van der Waals surface area contributed by atoms with Crippen molar-refractivity contribution in [2.45, 2.75) is 16.0 Å². The summed E-state index contributed by atoms with van der Waals surface area (Å²) in [6.45, 7) is 0. The number of rotatable bonds is 4. The molecule has 0 aliphatic heterocycles. The Kier molecular flexibility index (Phi) is 9.70. The normalized spacial score (nSPS) is 12.4. The van der Waals surface area contributed by atoms with Crippen LogP contribution in [-0.2, 0) is 26.4 Å². The first kappa shape index (κ1) is 30.0. The summed E-state index contributed by atoms with van der Waals surface area (Å²) in [7, 11) is -10.0. The second-order valence-electron chi connectivity index (χ2n) is 6.11. The quantitative estimate of drug-likeness (QED) is 0.226. The fourth-order valence-electron chi connectivity index (χ4n) is 2.62. The number of halogens is 3. The molecular formula is C17H9F3N2Na2O7S2. The molecule has 0 radical (unpaired) electrons. The molecule has 0 aliphatic rings. The van der Waals surface area contributed by atoms with Gasteiger partial charge in [0.05, 0.1) is 21.8 Å². The van der Waals surface area contributed by atoms with Crippen LogP contribution in [0.4, 0.5) is 24.5 Å². The first-order valence-electron chi connectivity index (χ1n) is 7.98. The third-order valence-corrected chi connectivity index (χ3v) is 5.71. The summed E-state index contributed by atoms with van der Waals surface area (Å²) < 4.78 is 105. The number of benzene rings is 3. The van der Waals surface area contributed by atoms with Crippen molar-refractivity contribution >= 4 is 42.4 Å². The number of hydrogen-bond donors (Lipinski definition) is 1. The number of fused-ring (bicyclic) bond motifs is 1. The van der Waals surface area contributed by atoms with Crippen LogP contribution in [0.25, 0.3) is 10.8 Å². The van der Waals surface area contributed by atoms with Gasteiger partial charge in [0.15, 0.2) is 0 Å². The van der Waals surface area contributed by atoms with E-state index in [1.54, 1.807) is 0 Å². The molecule has 0 saturated carbocycles. The Balaban J connectivity index is 0.00000272. The van der Waals surface area contributed by atoms with Crippen LogP contribution < -0.4 is 64.2 Å². The fraction of sp³-hybridized carbons (Fsp3) is 0.0588. The summed E-state index contributed by atoms with van der Waals surface area (Å²) in [4.78, 5) is -1.82.